The second kappa shape index (κ2) is 9.47. The molecule has 0 aliphatic carbocycles. The fraction of sp³-hybridized carbons (Fsp3) is 0.455. The van der Waals surface area contributed by atoms with Crippen LogP contribution in [0.4, 0.5) is 9.93 Å². The van der Waals surface area contributed by atoms with Crippen LogP contribution in [-0.2, 0) is 31.9 Å². The van der Waals surface area contributed by atoms with Crippen LogP contribution in [0.2, 0.25) is 0 Å². The molecule has 2 heterocycles. The van der Waals surface area contributed by atoms with Crippen molar-refractivity contribution in [1.29, 1.82) is 0 Å². The third kappa shape index (κ3) is 5.81. The summed E-state index contributed by atoms with van der Waals surface area (Å²) in [7, 11) is 0. The highest BCUT2D eigenvalue weighted by molar-refractivity contribution is 7.13. The molecule has 31 heavy (non-hydrogen) atoms. The van der Waals surface area contributed by atoms with E-state index in [0.717, 1.165) is 11.1 Å². The highest BCUT2D eigenvalue weighted by Crippen LogP contribution is 2.32. The van der Waals surface area contributed by atoms with Gasteiger partial charge < -0.3 is 9.47 Å². The summed E-state index contributed by atoms with van der Waals surface area (Å²) < 4.78 is 10.5. The van der Waals surface area contributed by atoms with Crippen LogP contribution in [0.1, 0.15) is 50.6 Å². The third-order valence-electron chi connectivity index (χ3n) is 4.57. The molecule has 0 fully saturated rings. The van der Waals surface area contributed by atoms with Crippen LogP contribution < -0.4 is 5.32 Å². The van der Waals surface area contributed by atoms with E-state index in [9.17, 15) is 14.4 Å². The summed E-state index contributed by atoms with van der Waals surface area (Å²) in [6.07, 6.45) is 0.140. The molecule has 2 amide bonds. The van der Waals surface area contributed by atoms with Gasteiger partial charge in [0.05, 0.1) is 18.7 Å². The third-order valence-corrected chi connectivity index (χ3v) is 5.38. The van der Waals surface area contributed by atoms with E-state index in [1.54, 1.807) is 33.1 Å². The lowest BCUT2D eigenvalue weighted by Gasteiger charge is -2.37. The summed E-state index contributed by atoms with van der Waals surface area (Å²) >= 11 is 1.22. The number of nitrogens with zero attached hydrogens (tertiary/aromatic N) is 2. The number of benzene rings is 1. The number of nitrogens with one attached hydrogen (secondary N) is 1. The molecule has 0 bridgehead atoms. The van der Waals surface area contributed by atoms with Gasteiger partial charge in [-0.1, -0.05) is 24.3 Å². The zero-order valence-corrected chi connectivity index (χ0v) is 19.0. The van der Waals surface area contributed by atoms with Crippen molar-refractivity contribution in [2.24, 2.45) is 0 Å². The molecule has 8 nitrogen and oxygen atoms in total. The van der Waals surface area contributed by atoms with Gasteiger partial charge in [-0.2, -0.15) is 0 Å². The number of hydrogen-bond donors (Lipinski definition) is 1. The molecule has 1 unspecified atom stereocenters. The van der Waals surface area contributed by atoms with E-state index < -0.39 is 17.7 Å². The maximum Gasteiger partial charge on any atom is 0.411 e. The first-order chi connectivity index (χ1) is 14.7. The number of hydrogen-bond acceptors (Lipinski definition) is 7. The molecule has 1 aliphatic heterocycles. The molecule has 2 aromatic rings. The topological polar surface area (TPSA) is 97.8 Å². The molecule has 3 rings (SSSR count). The summed E-state index contributed by atoms with van der Waals surface area (Å²) in [5.74, 6) is -0.752. The molecule has 1 aliphatic rings. The van der Waals surface area contributed by atoms with Gasteiger partial charge in [0.15, 0.2) is 5.13 Å². The predicted molar refractivity (Wildman–Crippen MR) is 117 cm³/mol. The molecule has 1 aromatic carbocycles. The van der Waals surface area contributed by atoms with Gasteiger partial charge in [-0.15, -0.1) is 11.3 Å². The number of thiazole rings is 1. The van der Waals surface area contributed by atoms with Crippen LogP contribution in [0.3, 0.4) is 0 Å². The molecular weight excluding hydrogens is 418 g/mol. The van der Waals surface area contributed by atoms with Crippen LogP contribution in [0.5, 0.6) is 0 Å². The highest BCUT2D eigenvalue weighted by atomic mass is 32.1. The summed E-state index contributed by atoms with van der Waals surface area (Å²) in [6.45, 7) is 7.78. The van der Waals surface area contributed by atoms with E-state index >= 15 is 0 Å². The minimum absolute atomic E-state index is 0.0382. The Labute approximate surface area is 185 Å². The molecule has 166 valence electrons. The van der Waals surface area contributed by atoms with E-state index in [0.29, 0.717) is 30.4 Å². The Morgan fingerprint density at radius 3 is 2.71 bits per heavy atom. The molecule has 1 aromatic heterocycles. The summed E-state index contributed by atoms with van der Waals surface area (Å²) in [6, 6.07) is 6.74. The smallest absolute Gasteiger partial charge is 0.411 e. The lowest BCUT2D eigenvalue weighted by molar-refractivity contribution is -0.142. The van der Waals surface area contributed by atoms with E-state index in [4.69, 9.17) is 9.47 Å². The number of esters is 1. The second-order valence-corrected chi connectivity index (χ2v) is 9.00. The molecule has 0 radical (unpaired) electrons. The summed E-state index contributed by atoms with van der Waals surface area (Å²) in [5.41, 5.74) is 1.63. The lowest BCUT2D eigenvalue weighted by Crippen LogP contribution is -2.47. The first-order valence-electron chi connectivity index (χ1n) is 10.2. The van der Waals surface area contributed by atoms with Gasteiger partial charge in [0, 0.05) is 11.9 Å². The van der Waals surface area contributed by atoms with E-state index in [1.807, 2.05) is 24.3 Å². The van der Waals surface area contributed by atoms with Gasteiger partial charge in [0.2, 0.25) is 0 Å². The number of rotatable bonds is 5. The fourth-order valence-corrected chi connectivity index (χ4v) is 4.06. The van der Waals surface area contributed by atoms with Crippen LogP contribution in [-0.4, -0.2) is 46.6 Å². The van der Waals surface area contributed by atoms with Gasteiger partial charge in [-0.25, -0.2) is 9.78 Å². The summed E-state index contributed by atoms with van der Waals surface area (Å²) in [4.78, 5) is 43.5. The van der Waals surface area contributed by atoms with Crippen LogP contribution in [0.25, 0.3) is 0 Å². The van der Waals surface area contributed by atoms with Crippen LogP contribution in [0, 0.1) is 0 Å². The molecule has 0 spiro atoms. The monoisotopic (exact) mass is 445 g/mol. The average Bonchev–Trinajstić information content (AvgIpc) is 3.12. The summed E-state index contributed by atoms with van der Waals surface area (Å²) in [5, 5.41) is 4.85. The van der Waals surface area contributed by atoms with E-state index in [2.05, 4.69) is 10.3 Å². The maximum atomic E-state index is 13.3. The van der Waals surface area contributed by atoms with Crippen LogP contribution >= 0.6 is 11.3 Å². The molecule has 0 saturated heterocycles. The maximum absolute atomic E-state index is 13.3. The second-order valence-electron chi connectivity index (χ2n) is 8.14. The zero-order chi connectivity index (χ0) is 22.6. The van der Waals surface area contributed by atoms with Crippen molar-refractivity contribution in [2.45, 2.75) is 52.2 Å². The predicted octanol–water partition coefficient (Wildman–Crippen LogP) is 3.72. The van der Waals surface area contributed by atoms with E-state index in [1.165, 1.54) is 16.2 Å². The lowest BCUT2D eigenvalue weighted by atomic mass is 9.92. The van der Waals surface area contributed by atoms with Crippen molar-refractivity contribution in [3.05, 3.63) is 46.5 Å². The Hall–Kier alpha value is -2.94. The molecule has 9 heteroatoms. The SMILES string of the molecule is CCOC(=O)Cc1csc(NC(=O)C2c3ccccc3CCN2C(=O)OC(C)(C)C)n1. The fourth-order valence-electron chi connectivity index (χ4n) is 3.35. The zero-order valence-electron chi connectivity index (χ0n) is 18.1. The minimum atomic E-state index is -0.836. The molecule has 1 atom stereocenters. The number of ether oxygens (including phenoxy) is 2. The molecule has 1 N–H and O–H groups in total. The van der Waals surface area contributed by atoms with Crippen molar-refractivity contribution < 1.29 is 23.9 Å². The van der Waals surface area contributed by atoms with Crippen molar-refractivity contribution >= 4 is 34.4 Å². The van der Waals surface area contributed by atoms with Crippen molar-refractivity contribution in [2.75, 3.05) is 18.5 Å². The Morgan fingerprint density at radius 2 is 2.00 bits per heavy atom. The van der Waals surface area contributed by atoms with Gasteiger partial charge >= 0.3 is 12.1 Å². The minimum Gasteiger partial charge on any atom is -0.466 e. The van der Waals surface area contributed by atoms with Crippen molar-refractivity contribution in [3.8, 4) is 0 Å². The Balaban J connectivity index is 1.81. The number of aromatic nitrogens is 1. The normalized spacial score (nSPS) is 15.7. The first-order valence-corrected chi connectivity index (χ1v) is 11.0. The number of amides is 2. The van der Waals surface area contributed by atoms with Gasteiger partial charge in [0.25, 0.3) is 5.91 Å². The first kappa shape index (κ1) is 22.7. The average molecular weight is 446 g/mol. The quantitative estimate of drug-likeness (QED) is 0.705. The number of anilines is 1. The van der Waals surface area contributed by atoms with Gasteiger partial charge in [-0.3, -0.25) is 19.8 Å². The number of fused-ring (bicyclic) bond motifs is 1. The van der Waals surface area contributed by atoms with Crippen LogP contribution in [0.15, 0.2) is 29.6 Å². The Kier molecular flexibility index (Phi) is 6.94. The highest BCUT2D eigenvalue weighted by Gasteiger charge is 2.38. The Morgan fingerprint density at radius 1 is 1.26 bits per heavy atom. The van der Waals surface area contributed by atoms with Gasteiger partial charge in [0.1, 0.15) is 11.6 Å². The Bertz CT molecular complexity index is 966. The van der Waals surface area contributed by atoms with Crippen molar-refractivity contribution in [3.63, 3.8) is 0 Å². The molecular formula is C22H27N3O5S. The van der Waals surface area contributed by atoms with E-state index in [-0.39, 0.29) is 18.3 Å². The number of carbonyl (C=O) groups excluding carboxylic acids is 3. The largest absolute Gasteiger partial charge is 0.466 e. The van der Waals surface area contributed by atoms with Gasteiger partial charge in [-0.05, 0) is 45.2 Å². The molecule has 0 saturated carbocycles. The standard InChI is InChI=1S/C22H27N3O5S/c1-5-29-17(26)12-15-13-31-20(23-15)24-19(27)18-16-9-7-6-8-14(16)10-11-25(18)21(28)30-22(2,3)4/h6-9,13,18H,5,10-12H2,1-4H3,(H,23,24,27). The van der Waals surface area contributed by atoms with Crippen molar-refractivity contribution in [1.82, 2.24) is 9.88 Å². The number of carbonyl (C=O) groups is 3.